The molecule has 0 aromatic heterocycles. The summed E-state index contributed by atoms with van der Waals surface area (Å²) in [5, 5.41) is 11.2. The Morgan fingerprint density at radius 2 is 2.00 bits per heavy atom. The molecule has 0 aliphatic carbocycles. The molecule has 0 fully saturated rings. The van der Waals surface area contributed by atoms with Crippen LogP contribution in [-0.4, -0.2) is 43.2 Å². The predicted octanol–water partition coefficient (Wildman–Crippen LogP) is 0.0235. The maximum atomic E-state index is 12.1. The van der Waals surface area contributed by atoms with Crippen LogP contribution in [-0.2, 0) is 14.3 Å². The van der Waals surface area contributed by atoms with Gasteiger partial charge in [0.05, 0.1) is 26.2 Å². The predicted molar refractivity (Wildman–Crippen MR) is 72.9 cm³/mol. The summed E-state index contributed by atoms with van der Waals surface area (Å²) in [5.41, 5.74) is 5.89. The molecule has 0 saturated carbocycles. The van der Waals surface area contributed by atoms with E-state index in [9.17, 15) is 14.4 Å². The van der Waals surface area contributed by atoms with Crippen LogP contribution in [0.2, 0.25) is 0 Å². The molecular weight excluding hydrogens is 280 g/mol. The van der Waals surface area contributed by atoms with E-state index in [0.717, 1.165) is 7.11 Å². The van der Waals surface area contributed by atoms with Crippen LogP contribution in [0.15, 0.2) is 18.2 Å². The average molecular weight is 296 g/mol. The van der Waals surface area contributed by atoms with Gasteiger partial charge in [0.1, 0.15) is 11.8 Å². The zero-order valence-corrected chi connectivity index (χ0v) is 11.6. The number of carbonyl (C=O) groups is 3. The summed E-state index contributed by atoms with van der Waals surface area (Å²) in [4.78, 5) is 34.2. The number of rotatable bonds is 6. The summed E-state index contributed by atoms with van der Waals surface area (Å²) >= 11 is 0. The molecule has 1 amide bonds. The Bertz CT molecular complexity index is 558. The number of nitrogen functional groups attached to an aromatic ring is 1. The van der Waals surface area contributed by atoms with Gasteiger partial charge in [-0.25, -0.2) is 4.79 Å². The minimum Gasteiger partial charge on any atom is -0.497 e. The van der Waals surface area contributed by atoms with E-state index in [1.165, 1.54) is 19.2 Å². The van der Waals surface area contributed by atoms with Crippen LogP contribution in [0.1, 0.15) is 16.8 Å². The first-order valence-electron chi connectivity index (χ1n) is 5.93. The number of benzene rings is 1. The number of aliphatic carboxylic acids is 1. The lowest BCUT2D eigenvalue weighted by Crippen LogP contribution is -2.42. The van der Waals surface area contributed by atoms with Crippen LogP contribution in [0.4, 0.5) is 5.69 Å². The monoisotopic (exact) mass is 296 g/mol. The van der Waals surface area contributed by atoms with Crippen LogP contribution in [0.5, 0.6) is 5.75 Å². The van der Waals surface area contributed by atoms with Crippen LogP contribution >= 0.6 is 0 Å². The molecule has 1 aromatic carbocycles. The first-order valence-corrected chi connectivity index (χ1v) is 5.93. The largest absolute Gasteiger partial charge is 0.497 e. The number of carboxylic acid groups (broad SMARTS) is 1. The van der Waals surface area contributed by atoms with Gasteiger partial charge in [-0.05, 0) is 18.2 Å². The molecule has 0 aliphatic rings. The highest BCUT2D eigenvalue weighted by Gasteiger charge is 2.25. The third-order valence-electron chi connectivity index (χ3n) is 2.71. The minimum atomic E-state index is -1.41. The van der Waals surface area contributed by atoms with Crippen molar-refractivity contribution in [3.05, 3.63) is 23.8 Å². The van der Waals surface area contributed by atoms with Crippen LogP contribution in [0, 0.1) is 0 Å². The van der Waals surface area contributed by atoms with Crippen molar-refractivity contribution < 1.29 is 29.0 Å². The standard InChI is InChI=1S/C13H16N2O6/c1-20-7-3-4-9(14)8(5-7)12(17)15-10(13(18)19)6-11(16)21-2/h3-5,10H,6,14H2,1-2H3,(H,15,17)(H,18,19)/t10-/m0/s1. The van der Waals surface area contributed by atoms with Crippen molar-refractivity contribution in [2.24, 2.45) is 0 Å². The molecule has 0 heterocycles. The fourth-order valence-electron chi connectivity index (χ4n) is 1.55. The molecule has 8 nitrogen and oxygen atoms in total. The van der Waals surface area contributed by atoms with Crippen molar-refractivity contribution in [2.45, 2.75) is 12.5 Å². The number of ether oxygens (including phenoxy) is 2. The second-order valence-electron chi connectivity index (χ2n) is 4.10. The number of nitrogens with one attached hydrogen (secondary N) is 1. The Morgan fingerprint density at radius 3 is 2.52 bits per heavy atom. The Morgan fingerprint density at radius 1 is 1.33 bits per heavy atom. The second-order valence-corrected chi connectivity index (χ2v) is 4.10. The van der Waals surface area contributed by atoms with Gasteiger partial charge in [-0.3, -0.25) is 9.59 Å². The van der Waals surface area contributed by atoms with Crippen LogP contribution < -0.4 is 15.8 Å². The van der Waals surface area contributed by atoms with Crippen LogP contribution in [0.25, 0.3) is 0 Å². The summed E-state index contributed by atoms with van der Waals surface area (Å²) in [7, 11) is 2.55. The topological polar surface area (TPSA) is 128 Å². The van der Waals surface area contributed by atoms with Gasteiger partial charge >= 0.3 is 11.9 Å². The van der Waals surface area contributed by atoms with E-state index < -0.39 is 30.3 Å². The van der Waals surface area contributed by atoms with Crippen LogP contribution in [0.3, 0.4) is 0 Å². The van der Waals surface area contributed by atoms with Crippen molar-refractivity contribution in [2.75, 3.05) is 20.0 Å². The molecular formula is C13H16N2O6. The minimum absolute atomic E-state index is 0.0606. The van der Waals surface area contributed by atoms with E-state index in [2.05, 4.69) is 10.1 Å². The summed E-state index contributed by atoms with van der Waals surface area (Å²) in [6.07, 6.45) is -0.485. The summed E-state index contributed by atoms with van der Waals surface area (Å²) in [6.45, 7) is 0. The number of nitrogens with two attached hydrogens (primary N) is 1. The van der Waals surface area contributed by atoms with Gasteiger partial charge in [-0.2, -0.15) is 0 Å². The Hall–Kier alpha value is -2.77. The molecule has 1 atom stereocenters. The first-order chi connectivity index (χ1) is 9.88. The maximum absolute atomic E-state index is 12.1. The van der Waals surface area contributed by atoms with Crippen molar-refractivity contribution in [3.63, 3.8) is 0 Å². The second kappa shape index (κ2) is 7.13. The molecule has 0 unspecified atom stereocenters. The van der Waals surface area contributed by atoms with Crippen molar-refractivity contribution in [1.82, 2.24) is 5.32 Å². The molecule has 0 bridgehead atoms. The smallest absolute Gasteiger partial charge is 0.326 e. The molecule has 0 spiro atoms. The Labute approximate surface area is 120 Å². The third-order valence-corrected chi connectivity index (χ3v) is 2.71. The zero-order chi connectivity index (χ0) is 16.0. The maximum Gasteiger partial charge on any atom is 0.326 e. The fourth-order valence-corrected chi connectivity index (χ4v) is 1.55. The van der Waals surface area contributed by atoms with Gasteiger partial charge in [-0.15, -0.1) is 0 Å². The molecule has 0 aliphatic heterocycles. The summed E-state index contributed by atoms with van der Waals surface area (Å²) in [5.74, 6) is -2.42. The van der Waals surface area contributed by atoms with Gasteiger partial charge in [-0.1, -0.05) is 0 Å². The van der Waals surface area contributed by atoms with Gasteiger partial charge in [0.15, 0.2) is 0 Å². The van der Waals surface area contributed by atoms with E-state index in [4.69, 9.17) is 15.6 Å². The Kier molecular flexibility index (Phi) is 5.53. The van der Waals surface area contributed by atoms with Gasteiger partial charge in [0.25, 0.3) is 5.91 Å². The lowest BCUT2D eigenvalue weighted by atomic mass is 10.1. The highest BCUT2D eigenvalue weighted by molar-refractivity contribution is 6.01. The van der Waals surface area contributed by atoms with E-state index >= 15 is 0 Å². The number of anilines is 1. The number of carbonyl (C=O) groups excluding carboxylic acids is 2. The third kappa shape index (κ3) is 4.37. The molecule has 4 N–H and O–H groups in total. The first kappa shape index (κ1) is 16.3. The normalized spacial score (nSPS) is 11.3. The lowest BCUT2D eigenvalue weighted by molar-refractivity contribution is -0.147. The Balaban J connectivity index is 2.91. The lowest BCUT2D eigenvalue weighted by Gasteiger charge is -2.14. The zero-order valence-electron chi connectivity index (χ0n) is 11.6. The number of amides is 1. The molecule has 21 heavy (non-hydrogen) atoms. The number of hydrogen-bond donors (Lipinski definition) is 3. The number of esters is 1. The molecule has 0 radical (unpaired) electrons. The molecule has 1 rings (SSSR count). The van der Waals surface area contributed by atoms with Crippen molar-refractivity contribution in [1.29, 1.82) is 0 Å². The molecule has 8 heteroatoms. The molecule has 0 saturated heterocycles. The number of hydrogen-bond acceptors (Lipinski definition) is 6. The van der Waals surface area contributed by atoms with Gasteiger partial charge in [0, 0.05) is 5.69 Å². The summed E-state index contributed by atoms with van der Waals surface area (Å²) in [6, 6.07) is 3.00. The quantitative estimate of drug-likeness (QED) is 0.498. The molecule has 1 aromatic rings. The van der Waals surface area contributed by atoms with Gasteiger partial charge < -0.3 is 25.6 Å². The number of methoxy groups -OCH3 is 2. The fraction of sp³-hybridized carbons (Fsp3) is 0.308. The highest BCUT2D eigenvalue weighted by Crippen LogP contribution is 2.19. The number of carboxylic acids is 1. The SMILES string of the molecule is COC(=O)C[C@H](NC(=O)c1cc(OC)ccc1N)C(=O)O. The summed E-state index contributed by atoms with van der Waals surface area (Å²) < 4.78 is 9.35. The highest BCUT2D eigenvalue weighted by atomic mass is 16.5. The van der Waals surface area contributed by atoms with Crippen molar-refractivity contribution >= 4 is 23.5 Å². The van der Waals surface area contributed by atoms with Crippen molar-refractivity contribution in [3.8, 4) is 5.75 Å². The van der Waals surface area contributed by atoms with E-state index in [-0.39, 0.29) is 11.3 Å². The molecule has 114 valence electrons. The van der Waals surface area contributed by atoms with E-state index in [1.807, 2.05) is 0 Å². The van der Waals surface area contributed by atoms with Gasteiger partial charge in [0.2, 0.25) is 0 Å². The van der Waals surface area contributed by atoms with E-state index in [1.54, 1.807) is 6.07 Å². The van der Waals surface area contributed by atoms with E-state index in [0.29, 0.717) is 5.75 Å². The average Bonchev–Trinajstić information content (AvgIpc) is 2.46.